The summed E-state index contributed by atoms with van der Waals surface area (Å²) in [7, 11) is 0. The molecule has 246 valence electrons. The van der Waals surface area contributed by atoms with Gasteiger partial charge in [0, 0.05) is 29.0 Å². The first-order chi connectivity index (χ1) is 20.9. The number of allylic oxidation sites excluding steroid dienone is 3. The predicted octanol–water partition coefficient (Wildman–Crippen LogP) is 6.08. The fraction of sp³-hybridized carbons (Fsp3) is 0.556. The lowest BCUT2D eigenvalue weighted by atomic mass is 9.81. The summed E-state index contributed by atoms with van der Waals surface area (Å²) < 4.78 is 19.5. The molecule has 9 nitrogen and oxygen atoms in total. The van der Waals surface area contributed by atoms with Gasteiger partial charge in [-0.25, -0.2) is 4.79 Å². The minimum absolute atomic E-state index is 0.0178. The Morgan fingerprint density at radius 2 is 1.84 bits per heavy atom. The average molecular weight is 625 g/mol. The van der Waals surface area contributed by atoms with Crippen molar-refractivity contribution < 1.29 is 44.2 Å². The third kappa shape index (κ3) is 7.21. The van der Waals surface area contributed by atoms with Crippen molar-refractivity contribution in [1.82, 2.24) is 0 Å². The van der Waals surface area contributed by atoms with Gasteiger partial charge < -0.3 is 34.6 Å². The maximum atomic E-state index is 14.0. The van der Waals surface area contributed by atoms with Crippen LogP contribution in [0, 0.1) is 5.92 Å². The summed E-state index contributed by atoms with van der Waals surface area (Å²) in [4.78, 5) is 25.2. The van der Waals surface area contributed by atoms with Gasteiger partial charge in [-0.15, -0.1) is 0 Å². The number of phenolic OH excluding ortho intramolecular Hbond substituents is 1. The number of carbonyl (C=O) groups is 2. The number of aliphatic hydroxyl groups excluding tert-OH is 1. The Morgan fingerprint density at radius 3 is 2.47 bits per heavy atom. The molecule has 1 aromatic carbocycles. The third-order valence-electron chi connectivity index (χ3n) is 9.13. The highest BCUT2D eigenvalue weighted by atomic mass is 16.5. The first kappa shape index (κ1) is 34.5. The van der Waals surface area contributed by atoms with E-state index in [-0.39, 0.29) is 47.4 Å². The van der Waals surface area contributed by atoms with E-state index in [1.807, 2.05) is 46.8 Å². The Hall–Kier alpha value is -3.40. The van der Waals surface area contributed by atoms with Crippen LogP contribution >= 0.6 is 0 Å². The van der Waals surface area contributed by atoms with Gasteiger partial charge in [-0.3, -0.25) is 4.79 Å². The van der Waals surface area contributed by atoms with E-state index >= 15 is 0 Å². The molecule has 0 fully saturated rings. The summed E-state index contributed by atoms with van der Waals surface area (Å²) in [5.74, 6) is -1.38. The van der Waals surface area contributed by atoms with E-state index in [9.17, 15) is 24.9 Å². The van der Waals surface area contributed by atoms with Crippen molar-refractivity contribution in [1.29, 1.82) is 0 Å². The molecule has 4 rings (SSSR count). The maximum absolute atomic E-state index is 14.0. The van der Waals surface area contributed by atoms with Crippen LogP contribution in [0.25, 0.3) is 6.08 Å². The molecule has 1 aliphatic carbocycles. The first-order valence-electron chi connectivity index (χ1n) is 15.7. The molecule has 0 radical (unpaired) electrons. The minimum atomic E-state index is -1.46. The molecule has 1 aromatic rings. The van der Waals surface area contributed by atoms with Crippen molar-refractivity contribution in [2.45, 2.75) is 117 Å². The zero-order valence-corrected chi connectivity index (χ0v) is 27.7. The van der Waals surface area contributed by atoms with E-state index in [4.69, 9.17) is 19.3 Å². The van der Waals surface area contributed by atoms with Crippen LogP contribution in [0.3, 0.4) is 0 Å². The summed E-state index contributed by atoms with van der Waals surface area (Å²) in [5, 5.41) is 42.4. The molecule has 0 saturated carbocycles. The molecule has 3 unspecified atom stereocenters. The van der Waals surface area contributed by atoms with Crippen LogP contribution < -0.4 is 9.47 Å². The van der Waals surface area contributed by atoms with Crippen molar-refractivity contribution >= 4 is 17.8 Å². The normalized spacial score (nSPS) is 23.3. The SMILES string of the molecule is CC(C)=CCC[C@]1(C)C=Cc2c(O)c3c(c(CC(O)C(C)(C)O)c2O1)OC1C(=CCC1C(C)(C)OCC/C=C(/C)C(=O)O)C3=O. The van der Waals surface area contributed by atoms with Crippen molar-refractivity contribution in [2.24, 2.45) is 5.92 Å². The molecule has 45 heavy (non-hydrogen) atoms. The zero-order valence-electron chi connectivity index (χ0n) is 27.7. The number of Topliss-reactive ketones (excluding diaryl/α,β-unsaturated/α-hetero) is 1. The fourth-order valence-corrected chi connectivity index (χ4v) is 6.10. The van der Waals surface area contributed by atoms with E-state index in [0.29, 0.717) is 41.7 Å². The van der Waals surface area contributed by atoms with Gasteiger partial charge in [-0.2, -0.15) is 0 Å². The van der Waals surface area contributed by atoms with E-state index in [2.05, 4.69) is 6.08 Å². The van der Waals surface area contributed by atoms with Crippen molar-refractivity contribution in [3.05, 3.63) is 57.7 Å². The predicted molar refractivity (Wildman–Crippen MR) is 172 cm³/mol. The highest BCUT2D eigenvalue weighted by Gasteiger charge is 2.50. The number of hydrogen-bond acceptors (Lipinski definition) is 8. The summed E-state index contributed by atoms with van der Waals surface area (Å²) in [6.07, 6.45) is 9.57. The number of carboxylic acids is 1. The Labute approximate surface area is 265 Å². The quantitative estimate of drug-likeness (QED) is 0.124. The van der Waals surface area contributed by atoms with Gasteiger partial charge in [-0.1, -0.05) is 23.8 Å². The van der Waals surface area contributed by atoms with Crippen LogP contribution in [0.1, 0.15) is 103 Å². The molecule has 0 spiro atoms. The molecule has 0 saturated heterocycles. The molecule has 4 N–H and O–H groups in total. The number of ketones is 1. The molecule has 2 heterocycles. The number of carbonyl (C=O) groups excluding carboxylic acids is 1. The number of hydrogen-bond donors (Lipinski definition) is 4. The molecule has 9 heteroatoms. The number of carboxylic acid groups (broad SMARTS) is 1. The molecule has 0 aromatic heterocycles. The second-order valence-electron chi connectivity index (χ2n) is 14.0. The summed E-state index contributed by atoms with van der Waals surface area (Å²) in [6, 6.07) is 0. The second-order valence-corrected chi connectivity index (χ2v) is 14.0. The van der Waals surface area contributed by atoms with E-state index in [1.54, 1.807) is 12.2 Å². The molecular weight excluding hydrogens is 576 g/mol. The van der Waals surface area contributed by atoms with Crippen LogP contribution in [0.2, 0.25) is 0 Å². The zero-order chi connectivity index (χ0) is 33.5. The number of aliphatic hydroxyl groups is 2. The number of aliphatic carboxylic acids is 1. The van der Waals surface area contributed by atoms with Gasteiger partial charge in [0.2, 0.25) is 0 Å². The lowest BCUT2D eigenvalue weighted by molar-refractivity contribution is -0.132. The molecule has 0 bridgehead atoms. The smallest absolute Gasteiger partial charge is 0.330 e. The number of ether oxygens (including phenoxy) is 3. The van der Waals surface area contributed by atoms with E-state index in [1.165, 1.54) is 26.3 Å². The number of aromatic hydroxyl groups is 1. The monoisotopic (exact) mass is 624 g/mol. The van der Waals surface area contributed by atoms with Crippen molar-refractivity contribution in [3.8, 4) is 17.2 Å². The minimum Gasteiger partial charge on any atom is -0.506 e. The van der Waals surface area contributed by atoms with Crippen LogP contribution in [-0.4, -0.2) is 67.8 Å². The fourth-order valence-electron chi connectivity index (χ4n) is 6.10. The molecular formula is C36H48O9. The number of phenols is 1. The van der Waals surface area contributed by atoms with Gasteiger partial charge >= 0.3 is 5.97 Å². The highest BCUT2D eigenvalue weighted by molar-refractivity contribution is 6.15. The Morgan fingerprint density at radius 1 is 1.16 bits per heavy atom. The van der Waals surface area contributed by atoms with Crippen LogP contribution in [0.4, 0.5) is 0 Å². The Bertz CT molecular complexity index is 1470. The molecule has 4 atom stereocenters. The lowest BCUT2D eigenvalue weighted by Gasteiger charge is -2.40. The second kappa shape index (κ2) is 12.8. The van der Waals surface area contributed by atoms with Crippen LogP contribution in [0.15, 0.2) is 41.0 Å². The number of benzene rings is 1. The number of fused-ring (bicyclic) bond motifs is 3. The first-order valence-corrected chi connectivity index (χ1v) is 15.7. The Kier molecular flexibility index (Phi) is 9.79. The van der Waals surface area contributed by atoms with Gasteiger partial charge in [0.1, 0.15) is 34.5 Å². The van der Waals surface area contributed by atoms with Crippen molar-refractivity contribution in [3.63, 3.8) is 0 Å². The highest BCUT2D eigenvalue weighted by Crippen LogP contribution is 2.53. The molecule has 2 aliphatic heterocycles. The topological polar surface area (TPSA) is 143 Å². The summed E-state index contributed by atoms with van der Waals surface area (Å²) in [6.45, 7) is 14.7. The van der Waals surface area contributed by atoms with Gasteiger partial charge in [-0.05, 0) is 93.2 Å². The van der Waals surface area contributed by atoms with Crippen LogP contribution in [0.5, 0.6) is 17.2 Å². The molecule has 0 amide bonds. The number of rotatable bonds is 12. The Balaban J connectivity index is 1.73. The van der Waals surface area contributed by atoms with E-state index in [0.717, 1.165) is 6.42 Å². The standard InChI is InChI=1S/C36H48O9/c1-20(2)11-9-16-36(8)17-15-23-29(39)27-28(38)22-13-14-25(35(6,7)43-18-10-12-21(3)33(40)41)31(22)44-32(27)24(30(23)45-36)19-26(37)34(4,5)42/h11-13,15,17,25-26,31,37,39,42H,9-10,14,16,18-19H2,1-8H3,(H,40,41)/b21-12-/t25?,26?,31?,36-/m1/s1. The lowest BCUT2D eigenvalue weighted by Crippen LogP contribution is -2.45. The largest absolute Gasteiger partial charge is 0.506 e. The summed E-state index contributed by atoms with van der Waals surface area (Å²) in [5.41, 5.74) is -0.298. The molecule has 3 aliphatic rings. The van der Waals surface area contributed by atoms with Gasteiger partial charge in [0.15, 0.2) is 5.78 Å². The summed E-state index contributed by atoms with van der Waals surface area (Å²) >= 11 is 0. The van der Waals surface area contributed by atoms with Gasteiger partial charge in [0.25, 0.3) is 0 Å². The average Bonchev–Trinajstić information content (AvgIpc) is 3.37. The maximum Gasteiger partial charge on any atom is 0.330 e. The van der Waals surface area contributed by atoms with Gasteiger partial charge in [0.05, 0.1) is 29.5 Å². The third-order valence-corrected chi connectivity index (χ3v) is 9.13. The van der Waals surface area contributed by atoms with E-state index < -0.39 is 35.0 Å². The van der Waals surface area contributed by atoms with Crippen molar-refractivity contribution in [2.75, 3.05) is 6.61 Å². The van der Waals surface area contributed by atoms with Crippen LogP contribution in [-0.2, 0) is 16.0 Å².